The average molecular weight is 244 g/mol. The van der Waals surface area contributed by atoms with E-state index in [2.05, 4.69) is 5.10 Å². The molecular weight excluding hydrogens is 232 g/mol. The van der Waals surface area contributed by atoms with E-state index in [9.17, 15) is 4.79 Å². The normalized spacial score (nSPS) is 13.2. The van der Waals surface area contributed by atoms with E-state index in [0.29, 0.717) is 6.61 Å². The Balaban J connectivity index is 2.07. The number of hydrogen-bond donors (Lipinski definition) is 1. The standard InChI is InChI=1S/C13H12N2O3/c1-15-11(7-10(14-15)13(16)17)9-3-2-8-4-5-18-12(8)6-9/h2-3,6-7H,4-5H2,1H3,(H,16,17). The molecule has 0 saturated carbocycles. The maximum absolute atomic E-state index is 10.9. The summed E-state index contributed by atoms with van der Waals surface area (Å²) in [6.45, 7) is 0.713. The van der Waals surface area contributed by atoms with E-state index < -0.39 is 5.97 Å². The molecule has 0 bridgehead atoms. The monoisotopic (exact) mass is 244 g/mol. The van der Waals surface area contributed by atoms with E-state index in [-0.39, 0.29) is 5.69 Å². The van der Waals surface area contributed by atoms with Crippen molar-refractivity contribution in [2.75, 3.05) is 6.61 Å². The Morgan fingerprint density at radius 3 is 3.00 bits per heavy atom. The minimum absolute atomic E-state index is 0.0499. The van der Waals surface area contributed by atoms with Crippen LogP contribution in [-0.4, -0.2) is 27.5 Å². The highest BCUT2D eigenvalue weighted by atomic mass is 16.5. The van der Waals surface area contributed by atoms with Gasteiger partial charge in [0.15, 0.2) is 5.69 Å². The second-order valence-corrected chi connectivity index (χ2v) is 4.26. The van der Waals surface area contributed by atoms with Gasteiger partial charge in [-0.15, -0.1) is 0 Å². The minimum Gasteiger partial charge on any atom is -0.493 e. The lowest BCUT2D eigenvalue weighted by molar-refractivity contribution is 0.0689. The fraction of sp³-hybridized carbons (Fsp3) is 0.231. The lowest BCUT2D eigenvalue weighted by Crippen LogP contribution is -1.99. The smallest absolute Gasteiger partial charge is 0.356 e. The van der Waals surface area contributed by atoms with E-state index in [1.165, 1.54) is 5.56 Å². The Hall–Kier alpha value is -2.30. The molecule has 0 spiro atoms. The second-order valence-electron chi connectivity index (χ2n) is 4.26. The fourth-order valence-electron chi connectivity index (χ4n) is 2.17. The number of nitrogens with zero attached hydrogens (tertiary/aromatic N) is 2. The first-order chi connectivity index (χ1) is 8.65. The molecule has 0 fully saturated rings. The molecule has 5 nitrogen and oxygen atoms in total. The molecule has 0 atom stereocenters. The van der Waals surface area contributed by atoms with E-state index in [1.807, 2.05) is 18.2 Å². The fourth-order valence-corrected chi connectivity index (χ4v) is 2.17. The van der Waals surface area contributed by atoms with Crippen molar-refractivity contribution < 1.29 is 14.6 Å². The Kier molecular flexibility index (Phi) is 2.33. The number of hydrogen-bond acceptors (Lipinski definition) is 3. The summed E-state index contributed by atoms with van der Waals surface area (Å²) in [5.41, 5.74) is 2.93. The molecule has 92 valence electrons. The van der Waals surface area contributed by atoms with Crippen molar-refractivity contribution in [1.82, 2.24) is 9.78 Å². The molecule has 0 radical (unpaired) electrons. The summed E-state index contributed by atoms with van der Waals surface area (Å²) in [6, 6.07) is 7.49. The predicted octanol–water partition coefficient (Wildman–Crippen LogP) is 1.72. The van der Waals surface area contributed by atoms with E-state index in [0.717, 1.165) is 23.4 Å². The first-order valence-electron chi connectivity index (χ1n) is 5.68. The van der Waals surface area contributed by atoms with Gasteiger partial charge in [-0.25, -0.2) is 4.79 Å². The number of carboxylic acids is 1. The van der Waals surface area contributed by atoms with Crippen LogP contribution in [-0.2, 0) is 13.5 Å². The Bertz CT molecular complexity index is 631. The topological polar surface area (TPSA) is 64.4 Å². The van der Waals surface area contributed by atoms with Crippen LogP contribution in [0.25, 0.3) is 11.3 Å². The summed E-state index contributed by atoms with van der Waals surface area (Å²) < 4.78 is 7.08. The summed E-state index contributed by atoms with van der Waals surface area (Å²) in [4.78, 5) is 10.9. The first-order valence-corrected chi connectivity index (χ1v) is 5.68. The molecule has 0 saturated heterocycles. The minimum atomic E-state index is -1.02. The molecular formula is C13H12N2O3. The number of benzene rings is 1. The van der Waals surface area contributed by atoms with Crippen LogP contribution in [0.1, 0.15) is 16.1 Å². The van der Waals surface area contributed by atoms with Gasteiger partial charge in [-0.3, -0.25) is 4.68 Å². The molecule has 2 aromatic rings. The van der Waals surface area contributed by atoms with Crippen molar-refractivity contribution >= 4 is 5.97 Å². The second kappa shape index (κ2) is 3.87. The van der Waals surface area contributed by atoms with Crippen molar-refractivity contribution in [3.05, 3.63) is 35.5 Å². The summed E-state index contributed by atoms with van der Waals surface area (Å²) in [7, 11) is 1.73. The predicted molar refractivity (Wildman–Crippen MR) is 64.8 cm³/mol. The number of rotatable bonds is 2. The summed E-state index contributed by atoms with van der Waals surface area (Å²) in [5, 5.41) is 12.9. The van der Waals surface area contributed by atoms with Crippen LogP contribution in [0.15, 0.2) is 24.3 Å². The Morgan fingerprint density at radius 1 is 1.44 bits per heavy atom. The van der Waals surface area contributed by atoms with Crippen molar-refractivity contribution in [3.63, 3.8) is 0 Å². The molecule has 1 N–H and O–H groups in total. The number of fused-ring (bicyclic) bond motifs is 1. The van der Waals surface area contributed by atoms with Crippen molar-refractivity contribution in [2.24, 2.45) is 7.05 Å². The van der Waals surface area contributed by atoms with Gasteiger partial charge in [-0.05, 0) is 17.7 Å². The summed E-state index contributed by atoms with van der Waals surface area (Å²) in [5.74, 6) is -0.139. The van der Waals surface area contributed by atoms with Gasteiger partial charge >= 0.3 is 5.97 Å². The lowest BCUT2D eigenvalue weighted by atomic mass is 10.1. The quantitative estimate of drug-likeness (QED) is 0.873. The molecule has 1 aliphatic rings. The molecule has 0 unspecified atom stereocenters. The van der Waals surface area contributed by atoms with Gasteiger partial charge in [0.25, 0.3) is 0 Å². The number of aryl methyl sites for hydroxylation is 1. The largest absolute Gasteiger partial charge is 0.493 e. The van der Waals surface area contributed by atoms with Crippen molar-refractivity contribution in [2.45, 2.75) is 6.42 Å². The highest BCUT2D eigenvalue weighted by molar-refractivity contribution is 5.87. The highest BCUT2D eigenvalue weighted by Gasteiger charge is 2.16. The van der Waals surface area contributed by atoms with Crippen molar-refractivity contribution in [1.29, 1.82) is 0 Å². The Morgan fingerprint density at radius 2 is 2.28 bits per heavy atom. The summed E-state index contributed by atoms with van der Waals surface area (Å²) >= 11 is 0. The zero-order valence-electron chi connectivity index (χ0n) is 9.88. The maximum atomic E-state index is 10.9. The van der Waals surface area contributed by atoms with Gasteiger partial charge in [0.05, 0.1) is 12.3 Å². The van der Waals surface area contributed by atoms with Gasteiger partial charge < -0.3 is 9.84 Å². The molecule has 3 rings (SSSR count). The molecule has 5 heteroatoms. The number of carbonyl (C=O) groups is 1. The van der Waals surface area contributed by atoms with E-state index in [1.54, 1.807) is 17.8 Å². The van der Waals surface area contributed by atoms with Crippen LogP contribution in [0.3, 0.4) is 0 Å². The van der Waals surface area contributed by atoms with Gasteiger partial charge in [0, 0.05) is 19.0 Å². The van der Waals surface area contributed by atoms with E-state index >= 15 is 0 Å². The van der Waals surface area contributed by atoms with E-state index in [4.69, 9.17) is 9.84 Å². The number of ether oxygens (including phenoxy) is 1. The molecule has 18 heavy (non-hydrogen) atoms. The molecule has 1 aromatic heterocycles. The zero-order valence-corrected chi connectivity index (χ0v) is 9.88. The maximum Gasteiger partial charge on any atom is 0.356 e. The molecule has 0 aliphatic carbocycles. The third kappa shape index (κ3) is 1.64. The molecule has 1 aliphatic heterocycles. The van der Waals surface area contributed by atoms with Crippen LogP contribution in [0.2, 0.25) is 0 Å². The third-order valence-electron chi connectivity index (χ3n) is 3.09. The number of carboxylic acid groups (broad SMARTS) is 1. The van der Waals surface area contributed by atoms with Crippen LogP contribution in [0, 0.1) is 0 Å². The van der Waals surface area contributed by atoms with Gasteiger partial charge in [0.2, 0.25) is 0 Å². The first kappa shape index (κ1) is 10.8. The lowest BCUT2D eigenvalue weighted by Gasteiger charge is -2.04. The van der Waals surface area contributed by atoms with Gasteiger partial charge in [-0.2, -0.15) is 5.10 Å². The van der Waals surface area contributed by atoms with Gasteiger partial charge in [0.1, 0.15) is 5.75 Å². The van der Waals surface area contributed by atoms with Crippen LogP contribution < -0.4 is 4.74 Å². The zero-order chi connectivity index (χ0) is 12.7. The van der Waals surface area contributed by atoms with Gasteiger partial charge in [-0.1, -0.05) is 12.1 Å². The van der Waals surface area contributed by atoms with Crippen LogP contribution >= 0.6 is 0 Å². The third-order valence-corrected chi connectivity index (χ3v) is 3.09. The number of aromatic nitrogens is 2. The SMILES string of the molecule is Cn1nc(C(=O)O)cc1-c1ccc2c(c1)OCC2. The molecule has 0 amide bonds. The average Bonchev–Trinajstić information content (AvgIpc) is 2.93. The number of aromatic carboxylic acids is 1. The highest BCUT2D eigenvalue weighted by Crippen LogP contribution is 2.31. The molecule has 1 aromatic carbocycles. The summed E-state index contributed by atoms with van der Waals surface area (Å²) in [6.07, 6.45) is 0.932. The molecule has 2 heterocycles. The Labute approximate surface area is 104 Å². The van der Waals surface area contributed by atoms with Crippen molar-refractivity contribution in [3.8, 4) is 17.0 Å². The van der Waals surface area contributed by atoms with Crippen LogP contribution in [0.5, 0.6) is 5.75 Å². The van der Waals surface area contributed by atoms with Crippen LogP contribution in [0.4, 0.5) is 0 Å².